The second kappa shape index (κ2) is 5.17. The van der Waals surface area contributed by atoms with Crippen molar-refractivity contribution in [2.45, 2.75) is 26.8 Å². The molecule has 0 aliphatic carbocycles. The summed E-state index contributed by atoms with van der Waals surface area (Å²) in [7, 11) is 0. The summed E-state index contributed by atoms with van der Waals surface area (Å²) in [6.07, 6.45) is 2.90. The number of rotatable bonds is 3. The molecule has 3 heteroatoms. The predicted octanol–water partition coefficient (Wildman–Crippen LogP) is 4.01. The summed E-state index contributed by atoms with van der Waals surface area (Å²) in [5, 5.41) is 3.37. The predicted molar refractivity (Wildman–Crippen MR) is 72.1 cm³/mol. The van der Waals surface area contributed by atoms with E-state index in [0.29, 0.717) is 0 Å². The van der Waals surface area contributed by atoms with E-state index in [-0.39, 0.29) is 11.9 Å². The zero-order valence-corrected chi connectivity index (χ0v) is 10.9. The van der Waals surface area contributed by atoms with Crippen LogP contribution in [0, 0.1) is 19.7 Å². The molecule has 1 heterocycles. The highest BCUT2D eigenvalue weighted by Crippen LogP contribution is 2.22. The Morgan fingerprint density at radius 2 is 1.94 bits per heavy atom. The van der Waals surface area contributed by atoms with Crippen molar-refractivity contribution >= 4 is 5.69 Å². The first-order valence-corrected chi connectivity index (χ1v) is 6.00. The molecule has 0 bridgehead atoms. The first-order valence-electron chi connectivity index (χ1n) is 6.00. The summed E-state index contributed by atoms with van der Waals surface area (Å²) >= 11 is 0. The number of nitrogens with zero attached hydrogens (tertiary/aromatic N) is 1. The summed E-state index contributed by atoms with van der Waals surface area (Å²) in [5.74, 6) is -0.304. The first-order chi connectivity index (χ1) is 8.56. The quantitative estimate of drug-likeness (QED) is 0.882. The van der Waals surface area contributed by atoms with E-state index in [4.69, 9.17) is 0 Å². The van der Waals surface area contributed by atoms with Crippen LogP contribution in [0.3, 0.4) is 0 Å². The van der Waals surface area contributed by atoms with Gasteiger partial charge in [-0.3, -0.25) is 4.98 Å². The van der Waals surface area contributed by atoms with Crippen molar-refractivity contribution < 1.29 is 4.39 Å². The highest BCUT2D eigenvalue weighted by atomic mass is 19.1. The maximum atomic E-state index is 13.1. The van der Waals surface area contributed by atoms with Crippen LogP contribution >= 0.6 is 0 Å². The van der Waals surface area contributed by atoms with Gasteiger partial charge < -0.3 is 5.32 Å². The van der Waals surface area contributed by atoms with Crippen LogP contribution in [0.25, 0.3) is 0 Å². The van der Waals surface area contributed by atoms with Crippen LogP contribution < -0.4 is 5.32 Å². The number of anilines is 1. The van der Waals surface area contributed by atoms with Crippen LogP contribution in [-0.4, -0.2) is 4.98 Å². The second-order valence-electron chi connectivity index (χ2n) is 4.62. The van der Waals surface area contributed by atoms with Gasteiger partial charge in [-0.25, -0.2) is 4.39 Å². The molecule has 0 amide bonds. The number of pyridine rings is 1. The zero-order valence-electron chi connectivity index (χ0n) is 10.9. The van der Waals surface area contributed by atoms with Gasteiger partial charge in [0, 0.05) is 11.9 Å². The van der Waals surface area contributed by atoms with Crippen LogP contribution in [-0.2, 0) is 0 Å². The fourth-order valence-electron chi connectivity index (χ4n) is 1.96. The molecule has 2 rings (SSSR count). The van der Waals surface area contributed by atoms with Crippen molar-refractivity contribution in [3.63, 3.8) is 0 Å². The number of halogens is 1. The molecule has 0 radical (unpaired) electrons. The first kappa shape index (κ1) is 12.6. The van der Waals surface area contributed by atoms with Gasteiger partial charge in [0.25, 0.3) is 0 Å². The van der Waals surface area contributed by atoms with E-state index in [0.717, 1.165) is 11.3 Å². The van der Waals surface area contributed by atoms with E-state index in [1.165, 1.54) is 23.4 Å². The molecule has 1 atom stereocenters. The summed E-state index contributed by atoms with van der Waals surface area (Å²) in [6.45, 7) is 6.12. The lowest BCUT2D eigenvalue weighted by Gasteiger charge is -2.17. The summed E-state index contributed by atoms with van der Waals surface area (Å²) in [4.78, 5) is 3.87. The van der Waals surface area contributed by atoms with Crippen molar-refractivity contribution in [3.05, 3.63) is 59.2 Å². The van der Waals surface area contributed by atoms with Crippen LogP contribution in [0.1, 0.15) is 29.7 Å². The summed E-state index contributed by atoms with van der Waals surface area (Å²) in [6, 6.07) is 7.77. The minimum atomic E-state index is -0.304. The van der Waals surface area contributed by atoms with Crippen molar-refractivity contribution in [2.75, 3.05) is 5.32 Å². The molecule has 2 nitrogen and oxygen atoms in total. The minimum absolute atomic E-state index is 0.0228. The largest absolute Gasteiger partial charge is 0.378 e. The third-order valence-electron chi connectivity index (χ3n) is 2.98. The number of aromatic nitrogens is 1. The molecule has 0 saturated carbocycles. The second-order valence-corrected chi connectivity index (χ2v) is 4.62. The van der Waals surface area contributed by atoms with Crippen molar-refractivity contribution in [3.8, 4) is 0 Å². The van der Waals surface area contributed by atoms with E-state index in [1.54, 1.807) is 6.20 Å². The fraction of sp³-hybridized carbons (Fsp3) is 0.267. The van der Waals surface area contributed by atoms with Crippen molar-refractivity contribution in [1.82, 2.24) is 4.98 Å². The Bertz CT molecular complexity index is 552. The van der Waals surface area contributed by atoms with Gasteiger partial charge in [-0.2, -0.15) is 0 Å². The molecule has 94 valence electrons. The minimum Gasteiger partial charge on any atom is -0.378 e. The van der Waals surface area contributed by atoms with E-state index >= 15 is 0 Å². The summed E-state index contributed by atoms with van der Waals surface area (Å²) in [5.41, 5.74) is 4.33. The smallest absolute Gasteiger partial charge is 0.141 e. The number of nitrogens with one attached hydrogen (secondary N) is 1. The van der Waals surface area contributed by atoms with E-state index in [1.807, 2.05) is 13.0 Å². The van der Waals surface area contributed by atoms with Gasteiger partial charge in [-0.1, -0.05) is 17.7 Å². The average molecular weight is 244 g/mol. The zero-order chi connectivity index (χ0) is 13.1. The molecule has 1 N–H and O–H groups in total. The molecule has 1 aromatic carbocycles. The molecule has 2 aromatic rings. The number of aryl methyl sites for hydroxylation is 2. The Morgan fingerprint density at radius 1 is 1.17 bits per heavy atom. The number of hydrogen-bond acceptors (Lipinski definition) is 2. The van der Waals surface area contributed by atoms with Crippen molar-refractivity contribution in [2.24, 2.45) is 0 Å². The normalized spacial score (nSPS) is 12.2. The highest BCUT2D eigenvalue weighted by Gasteiger charge is 2.08. The molecule has 0 aliphatic rings. The van der Waals surface area contributed by atoms with E-state index in [9.17, 15) is 4.39 Å². The van der Waals surface area contributed by atoms with E-state index in [2.05, 4.69) is 36.3 Å². The molecule has 1 unspecified atom stereocenters. The van der Waals surface area contributed by atoms with Crippen LogP contribution in [0.5, 0.6) is 0 Å². The van der Waals surface area contributed by atoms with Crippen molar-refractivity contribution in [1.29, 1.82) is 0 Å². The molecule has 0 fully saturated rings. The lowest BCUT2D eigenvalue weighted by molar-refractivity contribution is 0.616. The molecular weight excluding hydrogens is 227 g/mol. The lowest BCUT2D eigenvalue weighted by atomic mass is 10.1. The number of benzene rings is 1. The standard InChI is InChI=1S/C15H17FN2/c1-10-4-5-15(11(2)6-10)18-12(3)13-7-14(16)9-17-8-13/h4-9,12,18H,1-3H3. The van der Waals surface area contributed by atoms with Gasteiger partial charge in [-0.05, 0) is 44.0 Å². The van der Waals surface area contributed by atoms with Crippen LogP contribution in [0.15, 0.2) is 36.7 Å². The molecular formula is C15H17FN2. The Balaban J connectivity index is 2.18. The Morgan fingerprint density at radius 3 is 2.61 bits per heavy atom. The number of hydrogen-bond donors (Lipinski definition) is 1. The maximum absolute atomic E-state index is 13.1. The molecule has 0 spiro atoms. The fourth-order valence-corrected chi connectivity index (χ4v) is 1.96. The van der Waals surface area contributed by atoms with Crippen LogP contribution in [0.4, 0.5) is 10.1 Å². The van der Waals surface area contributed by atoms with Crippen LogP contribution in [0.2, 0.25) is 0 Å². The van der Waals surface area contributed by atoms with Gasteiger partial charge in [-0.15, -0.1) is 0 Å². The van der Waals surface area contributed by atoms with Gasteiger partial charge in [0.2, 0.25) is 0 Å². The third-order valence-corrected chi connectivity index (χ3v) is 2.98. The molecule has 18 heavy (non-hydrogen) atoms. The monoisotopic (exact) mass is 244 g/mol. The maximum Gasteiger partial charge on any atom is 0.141 e. The third kappa shape index (κ3) is 2.86. The lowest BCUT2D eigenvalue weighted by Crippen LogP contribution is -2.08. The topological polar surface area (TPSA) is 24.9 Å². The Labute approximate surface area is 107 Å². The van der Waals surface area contributed by atoms with Gasteiger partial charge >= 0.3 is 0 Å². The van der Waals surface area contributed by atoms with Gasteiger partial charge in [0.1, 0.15) is 5.82 Å². The summed E-state index contributed by atoms with van der Waals surface area (Å²) < 4.78 is 13.1. The SMILES string of the molecule is Cc1ccc(NC(C)c2cncc(F)c2)c(C)c1. The van der Waals surface area contributed by atoms with Gasteiger partial charge in [0.05, 0.1) is 12.2 Å². The molecule has 0 aliphatic heterocycles. The molecule has 1 aromatic heterocycles. The Kier molecular flexibility index (Phi) is 3.60. The average Bonchev–Trinajstić information content (AvgIpc) is 2.32. The Hall–Kier alpha value is -1.90. The highest BCUT2D eigenvalue weighted by molar-refractivity contribution is 5.53. The van der Waals surface area contributed by atoms with Gasteiger partial charge in [0.15, 0.2) is 0 Å². The van der Waals surface area contributed by atoms with E-state index < -0.39 is 0 Å². The molecule has 0 saturated heterocycles.